The number of nitrogens with two attached hydrogens (primary N) is 1. The number of hydrogen-bond donors (Lipinski definition) is 3. The van der Waals surface area contributed by atoms with Crippen molar-refractivity contribution in [3.8, 4) is 0 Å². The van der Waals surface area contributed by atoms with E-state index in [0.29, 0.717) is 11.3 Å². The van der Waals surface area contributed by atoms with Gasteiger partial charge in [0.1, 0.15) is 11.4 Å². The molecular formula is C7H7N5O2. The molecule has 0 atom stereocenters. The molecule has 0 aliphatic carbocycles. The van der Waals surface area contributed by atoms with Crippen molar-refractivity contribution in [3.63, 3.8) is 0 Å². The molecule has 14 heavy (non-hydrogen) atoms. The molecule has 0 unspecified atom stereocenters. The Morgan fingerprint density at radius 3 is 3.07 bits per heavy atom. The number of nitrogens with one attached hydrogen (secondary N) is 2. The lowest BCUT2D eigenvalue weighted by molar-refractivity contribution is -0.120. The second-order valence-electron chi connectivity index (χ2n) is 2.80. The largest absolute Gasteiger partial charge is 0.364 e. The molecule has 7 heteroatoms. The van der Waals surface area contributed by atoms with E-state index in [1.165, 1.54) is 6.20 Å². The van der Waals surface area contributed by atoms with Crippen LogP contribution in [0, 0.1) is 0 Å². The Morgan fingerprint density at radius 1 is 1.57 bits per heavy atom. The van der Waals surface area contributed by atoms with E-state index in [1.54, 1.807) is 0 Å². The van der Waals surface area contributed by atoms with Gasteiger partial charge in [0, 0.05) is 11.8 Å². The summed E-state index contributed by atoms with van der Waals surface area (Å²) in [6.07, 6.45) is 1.53. The molecule has 0 aromatic carbocycles. The standard InChI is InChI=1S/C7H7N5O2/c8-7(14)6-3-1-5(13)11-12-10-4(3)2-9-6/h2,9H,1H2,(H2,8,14)(H,10,11,13). The number of fused-ring (bicyclic) bond motifs is 1. The van der Waals surface area contributed by atoms with Crippen molar-refractivity contribution < 1.29 is 9.59 Å². The molecule has 0 saturated heterocycles. The van der Waals surface area contributed by atoms with Crippen molar-refractivity contribution in [1.29, 1.82) is 0 Å². The minimum Gasteiger partial charge on any atom is -0.364 e. The highest BCUT2D eigenvalue weighted by Crippen LogP contribution is 2.24. The number of nitrogens with zero attached hydrogens (tertiary/aromatic N) is 2. The molecule has 2 heterocycles. The van der Waals surface area contributed by atoms with Gasteiger partial charge in [0.15, 0.2) is 0 Å². The minimum absolute atomic E-state index is 0.0457. The van der Waals surface area contributed by atoms with Crippen molar-refractivity contribution in [1.82, 2.24) is 10.4 Å². The molecule has 7 nitrogen and oxygen atoms in total. The van der Waals surface area contributed by atoms with E-state index in [9.17, 15) is 9.59 Å². The fraction of sp³-hybridized carbons (Fsp3) is 0.143. The molecule has 0 spiro atoms. The highest BCUT2D eigenvalue weighted by atomic mass is 16.2. The first kappa shape index (κ1) is 8.42. The van der Waals surface area contributed by atoms with E-state index in [1.807, 2.05) is 0 Å². The molecule has 0 saturated carbocycles. The Bertz CT molecular complexity index is 433. The van der Waals surface area contributed by atoms with Crippen LogP contribution in [0.4, 0.5) is 5.69 Å². The highest BCUT2D eigenvalue weighted by Gasteiger charge is 2.19. The van der Waals surface area contributed by atoms with E-state index < -0.39 is 5.91 Å². The van der Waals surface area contributed by atoms with Gasteiger partial charge in [0.25, 0.3) is 5.91 Å². The van der Waals surface area contributed by atoms with E-state index in [4.69, 9.17) is 5.73 Å². The van der Waals surface area contributed by atoms with Crippen LogP contribution in [-0.4, -0.2) is 16.8 Å². The Kier molecular flexibility index (Phi) is 1.77. The SMILES string of the molecule is NC(=O)c1[nH]cc2c1CC(=O)NN=N2. The number of rotatable bonds is 1. The van der Waals surface area contributed by atoms with Gasteiger partial charge < -0.3 is 10.7 Å². The van der Waals surface area contributed by atoms with Crippen LogP contribution in [-0.2, 0) is 11.2 Å². The van der Waals surface area contributed by atoms with Crippen molar-refractivity contribution >= 4 is 17.5 Å². The van der Waals surface area contributed by atoms with Crippen LogP contribution in [0.15, 0.2) is 16.5 Å². The molecule has 2 rings (SSSR count). The summed E-state index contributed by atoms with van der Waals surface area (Å²) >= 11 is 0. The summed E-state index contributed by atoms with van der Waals surface area (Å²) < 4.78 is 0. The number of primary amides is 1. The summed E-state index contributed by atoms with van der Waals surface area (Å²) in [6.45, 7) is 0. The molecule has 2 amide bonds. The molecule has 0 bridgehead atoms. The lowest BCUT2D eigenvalue weighted by atomic mass is 10.1. The first-order chi connectivity index (χ1) is 6.68. The third kappa shape index (κ3) is 1.24. The monoisotopic (exact) mass is 193 g/mol. The predicted octanol–water partition coefficient (Wildman–Crippen LogP) is -0.215. The van der Waals surface area contributed by atoms with Gasteiger partial charge in [-0.1, -0.05) is 5.22 Å². The van der Waals surface area contributed by atoms with Gasteiger partial charge in [-0.3, -0.25) is 9.59 Å². The quantitative estimate of drug-likeness (QED) is 0.572. The number of aromatic amines is 1. The number of aromatic nitrogens is 1. The van der Waals surface area contributed by atoms with Crippen molar-refractivity contribution in [2.75, 3.05) is 0 Å². The van der Waals surface area contributed by atoms with Crippen LogP contribution in [0.25, 0.3) is 0 Å². The molecule has 0 radical (unpaired) electrons. The zero-order valence-corrected chi connectivity index (χ0v) is 7.07. The van der Waals surface area contributed by atoms with Gasteiger partial charge >= 0.3 is 0 Å². The van der Waals surface area contributed by atoms with Gasteiger partial charge in [-0.05, 0) is 0 Å². The summed E-state index contributed by atoms with van der Waals surface area (Å²) in [5, 5.41) is 7.11. The van der Waals surface area contributed by atoms with Crippen LogP contribution in [0.3, 0.4) is 0 Å². The third-order valence-corrected chi connectivity index (χ3v) is 1.88. The summed E-state index contributed by atoms with van der Waals surface area (Å²) in [5.41, 5.74) is 8.44. The molecule has 0 fully saturated rings. The maximum atomic E-state index is 11.1. The Balaban J connectivity index is 2.52. The second-order valence-corrected chi connectivity index (χ2v) is 2.80. The lowest BCUT2D eigenvalue weighted by Gasteiger charge is -1.97. The molecular weight excluding hydrogens is 186 g/mol. The van der Waals surface area contributed by atoms with Crippen LogP contribution >= 0.6 is 0 Å². The predicted molar refractivity (Wildman–Crippen MR) is 45.7 cm³/mol. The Labute approximate surface area is 78.4 Å². The van der Waals surface area contributed by atoms with E-state index >= 15 is 0 Å². The Hall–Kier alpha value is -2.18. The summed E-state index contributed by atoms with van der Waals surface area (Å²) in [6, 6.07) is 0. The number of carbonyl (C=O) groups is 2. The molecule has 1 aliphatic rings. The maximum absolute atomic E-state index is 11.1. The molecule has 1 aliphatic heterocycles. The van der Waals surface area contributed by atoms with Crippen molar-refractivity contribution in [3.05, 3.63) is 17.5 Å². The molecule has 4 N–H and O–H groups in total. The van der Waals surface area contributed by atoms with Gasteiger partial charge in [-0.25, -0.2) is 5.43 Å². The number of H-pyrrole nitrogens is 1. The van der Waals surface area contributed by atoms with Gasteiger partial charge in [0.2, 0.25) is 5.91 Å². The summed E-state index contributed by atoms with van der Waals surface area (Å²) in [4.78, 5) is 24.7. The van der Waals surface area contributed by atoms with Crippen LogP contribution in [0.1, 0.15) is 16.1 Å². The van der Waals surface area contributed by atoms with Crippen LogP contribution in [0.5, 0.6) is 0 Å². The number of amides is 2. The van der Waals surface area contributed by atoms with Crippen molar-refractivity contribution in [2.45, 2.75) is 6.42 Å². The third-order valence-electron chi connectivity index (χ3n) is 1.88. The van der Waals surface area contributed by atoms with E-state index in [0.717, 1.165) is 0 Å². The zero-order valence-electron chi connectivity index (χ0n) is 7.07. The van der Waals surface area contributed by atoms with Gasteiger partial charge in [-0.2, -0.15) is 0 Å². The van der Waals surface area contributed by atoms with Crippen LogP contribution in [0.2, 0.25) is 0 Å². The Morgan fingerprint density at radius 2 is 2.36 bits per heavy atom. The fourth-order valence-electron chi connectivity index (χ4n) is 1.27. The second kappa shape index (κ2) is 2.95. The maximum Gasteiger partial charge on any atom is 0.265 e. The molecule has 1 aromatic heterocycles. The summed E-state index contributed by atoms with van der Waals surface area (Å²) in [7, 11) is 0. The minimum atomic E-state index is -0.615. The lowest BCUT2D eigenvalue weighted by Crippen LogP contribution is -2.20. The van der Waals surface area contributed by atoms with Gasteiger partial charge in [0.05, 0.1) is 6.42 Å². The molecule has 72 valence electrons. The van der Waals surface area contributed by atoms with Crippen molar-refractivity contribution in [2.24, 2.45) is 16.1 Å². The normalized spacial score (nSPS) is 14.4. The van der Waals surface area contributed by atoms with Crippen LogP contribution < -0.4 is 11.2 Å². The average Bonchev–Trinajstić information content (AvgIpc) is 2.41. The first-order valence-corrected chi connectivity index (χ1v) is 3.88. The average molecular weight is 193 g/mol. The topological polar surface area (TPSA) is 113 Å². The first-order valence-electron chi connectivity index (χ1n) is 3.88. The zero-order chi connectivity index (χ0) is 10.1. The van der Waals surface area contributed by atoms with Gasteiger partial charge in [-0.15, -0.1) is 5.11 Å². The summed E-state index contributed by atoms with van der Waals surface area (Å²) in [5.74, 6) is -0.939. The number of carbonyl (C=O) groups excluding carboxylic acids is 2. The molecule has 1 aromatic rings. The smallest absolute Gasteiger partial charge is 0.265 e. The van der Waals surface area contributed by atoms with E-state index in [2.05, 4.69) is 20.7 Å². The van der Waals surface area contributed by atoms with E-state index in [-0.39, 0.29) is 18.0 Å². The highest BCUT2D eigenvalue weighted by molar-refractivity contribution is 5.96. The fourth-order valence-corrected chi connectivity index (χ4v) is 1.27. The number of hydrogen-bond acceptors (Lipinski definition) is 4.